The zero-order valence-corrected chi connectivity index (χ0v) is 12.7. The van der Waals surface area contributed by atoms with Gasteiger partial charge in [-0.25, -0.2) is 0 Å². The van der Waals surface area contributed by atoms with Gasteiger partial charge < -0.3 is 10.0 Å². The first-order valence-corrected chi connectivity index (χ1v) is 6.79. The van der Waals surface area contributed by atoms with Gasteiger partial charge in [-0.3, -0.25) is 4.79 Å². The van der Waals surface area contributed by atoms with Crippen LogP contribution in [-0.2, 0) is 11.3 Å². The summed E-state index contributed by atoms with van der Waals surface area (Å²) in [6.07, 6.45) is 0.690. The lowest BCUT2D eigenvalue weighted by atomic mass is 9.99. The first-order chi connectivity index (χ1) is 8.81. The Labute approximate surface area is 116 Å². The number of aliphatic carboxylic acids is 1. The number of rotatable bonds is 6. The van der Waals surface area contributed by atoms with Crippen molar-refractivity contribution in [1.29, 1.82) is 0 Å². The molecule has 0 heterocycles. The largest absolute Gasteiger partial charge is 0.481 e. The van der Waals surface area contributed by atoms with Gasteiger partial charge in [-0.1, -0.05) is 24.6 Å². The number of hydrogen-bond acceptors (Lipinski definition) is 2. The third-order valence-electron chi connectivity index (χ3n) is 3.63. The van der Waals surface area contributed by atoms with Crippen LogP contribution in [0.4, 0.5) is 0 Å². The summed E-state index contributed by atoms with van der Waals surface area (Å²) in [5, 5.41) is 8.88. The molecule has 3 nitrogen and oxygen atoms in total. The van der Waals surface area contributed by atoms with E-state index in [9.17, 15) is 4.79 Å². The number of benzene rings is 1. The lowest BCUT2D eigenvalue weighted by Crippen LogP contribution is -2.23. The minimum atomic E-state index is -0.712. The third kappa shape index (κ3) is 4.67. The number of carbonyl (C=O) groups is 1. The number of nitrogens with zero attached hydrogens (tertiary/aromatic N) is 1. The van der Waals surface area contributed by atoms with Crippen LogP contribution in [0.2, 0.25) is 0 Å². The maximum atomic E-state index is 10.8. The first-order valence-electron chi connectivity index (χ1n) is 6.79. The molecule has 3 heteroatoms. The van der Waals surface area contributed by atoms with Gasteiger partial charge >= 0.3 is 5.97 Å². The van der Waals surface area contributed by atoms with E-state index in [-0.39, 0.29) is 5.92 Å². The van der Waals surface area contributed by atoms with Crippen molar-refractivity contribution in [3.8, 4) is 0 Å². The lowest BCUT2D eigenvalue weighted by molar-refractivity contribution is -0.141. The van der Waals surface area contributed by atoms with Crippen molar-refractivity contribution in [2.75, 3.05) is 13.6 Å². The Morgan fingerprint density at radius 1 is 1.26 bits per heavy atom. The van der Waals surface area contributed by atoms with Gasteiger partial charge in [0.05, 0.1) is 5.92 Å². The summed E-state index contributed by atoms with van der Waals surface area (Å²) in [6.45, 7) is 9.84. The smallest absolute Gasteiger partial charge is 0.306 e. The van der Waals surface area contributed by atoms with E-state index < -0.39 is 5.97 Å². The molecule has 0 aliphatic carbocycles. The van der Waals surface area contributed by atoms with Crippen LogP contribution in [0.5, 0.6) is 0 Å². The van der Waals surface area contributed by atoms with E-state index in [4.69, 9.17) is 5.11 Å². The molecule has 0 saturated heterocycles. The van der Waals surface area contributed by atoms with Gasteiger partial charge in [0.1, 0.15) is 0 Å². The van der Waals surface area contributed by atoms with Crippen LogP contribution < -0.4 is 0 Å². The highest BCUT2D eigenvalue weighted by Gasteiger charge is 2.13. The predicted molar refractivity (Wildman–Crippen MR) is 78.4 cm³/mol. The highest BCUT2D eigenvalue weighted by atomic mass is 16.4. The molecule has 0 radical (unpaired) electrons. The zero-order chi connectivity index (χ0) is 14.6. The molecule has 1 atom stereocenters. The summed E-state index contributed by atoms with van der Waals surface area (Å²) in [7, 11) is 2.05. The van der Waals surface area contributed by atoms with E-state index in [1.54, 1.807) is 6.92 Å². The van der Waals surface area contributed by atoms with Crippen LogP contribution in [0, 0.1) is 26.7 Å². The Bertz CT molecular complexity index is 431. The number of carboxylic acid groups (broad SMARTS) is 1. The fourth-order valence-corrected chi connectivity index (χ4v) is 2.35. The van der Waals surface area contributed by atoms with Crippen LogP contribution in [-0.4, -0.2) is 29.6 Å². The van der Waals surface area contributed by atoms with E-state index in [1.165, 1.54) is 22.3 Å². The van der Waals surface area contributed by atoms with Crippen molar-refractivity contribution in [3.05, 3.63) is 34.4 Å². The minimum absolute atomic E-state index is 0.275. The van der Waals surface area contributed by atoms with E-state index in [2.05, 4.69) is 37.8 Å². The molecule has 0 bridgehead atoms. The highest BCUT2D eigenvalue weighted by molar-refractivity contribution is 5.69. The van der Waals surface area contributed by atoms with Gasteiger partial charge in [0.2, 0.25) is 0 Å². The summed E-state index contributed by atoms with van der Waals surface area (Å²) in [6, 6.07) is 4.41. The molecular weight excluding hydrogens is 238 g/mol. The summed E-state index contributed by atoms with van der Waals surface area (Å²) < 4.78 is 0. The summed E-state index contributed by atoms with van der Waals surface area (Å²) in [4.78, 5) is 13.0. The predicted octanol–water partition coefficient (Wildman–Crippen LogP) is 3.15. The molecule has 19 heavy (non-hydrogen) atoms. The number of hydrogen-bond donors (Lipinski definition) is 1. The second-order valence-electron chi connectivity index (χ2n) is 5.64. The van der Waals surface area contributed by atoms with Gasteiger partial charge in [-0.15, -0.1) is 0 Å². The van der Waals surface area contributed by atoms with Gasteiger partial charge in [-0.05, 0) is 57.5 Å². The zero-order valence-electron chi connectivity index (χ0n) is 12.7. The molecule has 0 amide bonds. The molecule has 0 aliphatic heterocycles. The monoisotopic (exact) mass is 263 g/mol. The summed E-state index contributed by atoms with van der Waals surface area (Å²) in [5.41, 5.74) is 5.28. The Morgan fingerprint density at radius 2 is 1.79 bits per heavy atom. The molecule has 0 fully saturated rings. The number of aryl methyl sites for hydroxylation is 3. The van der Waals surface area contributed by atoms with E-state index in [1.807, 2.05) is 7.05 Å². The van der Waals surface area contributed by atoms with E-state index in [0.29, 0.717) is 6.42 Å². The second-order valence-corrected chi connectivity index (χ2v) is 5.64. The van der Waals surface area contributed by atoms with Gasteiger partial charge in [0.15, 0.2) is 0 Å². The van der Waals surface area contributed by atoms with Gasteiger partial charge in [0, 0.05) is 6.54 Å². The second kappa shape index (κ2) is 6.71. The van der Waals surface area contributed by atoms with Crippen molar-refractivity contribution < 1.29 is 9.90 Å². The van der Waals surface area contributed by atoms with Crippen molar-refractivity contribution >= 4 is 5.97 Å². The topological polar surface area (TPSA) is 40.5 Å². The van der Waals surface area contributed by atoms with Crippen LogP contribution in [0.25, 0.3) is 0 Å². The SMILES string of the molecule is Cc1cc(C)c(CN(C)CCC(C)C(=O)O)c(C)c1. The van der Waals surface area contributed by atoms with Crippen LogP contribution in [0.15, 0.2) is 12.1 Å². The molecule has 0 spiro atoms. The molecule has 1 aromatic carbocycles. The standard InChI is InChI=1S/C16H25NO2/c1-11-8-13(3)15(14(4)9-11)10-17(5)7-6-12(2)16(18)19/h8-9,12H,6-7,10H2,1-5H3,(H,18,19). The molecular formula is C16H25NO2. The molecule has 1 N–H and O–H groups in total. The van der Waals surface area contributed by atoms with Crippen molar-refractivity contribution in [1.82, 2.24) is 4.90 Å². The molecule has 0 aliphatic rings. The Balaban J connectivity index is 2.62. The average molecular weight is 263 g/mol. The van der Waals surface area contributed by atoms with Crippen LogP contribution in [0.1, 0.15) is 35.6 Å². The fraction of sp³-hybridized carbons (Fsp3) is 0.562. The highest BCUT2D eigenvalue weighted by Crippen LogP contribution is 2.18. The minimum Gasteiger partial charge on any atom is -0.481 e. The normalized spacial score (nSPS) is 12.7. The number of carboxylic acids is 1. The Kier molecular flexibility index (Phi) is 5.55. The van der Waals surface area contributed by atoms with Crippen LogP contribution >= 0.6 is 0 Å². The third-order valence-corrected chi connectivity index (χ3v) is 3.63. The van der Waals surface area contributed by atoms with Crippen molar-refractivity contribution in [2.24, 2.45) is 5.92 Å². The molecule has 1 aromatic rings. The maximum absolute atomic E-state index is 10.8. The summed E-state index contributed by atoms with van der Waals surface area (Å²) >= 11 is 0. The Hall–Kier alpha value is -1.35. The average Bonchev–Trinajstić information content (AvgIpc) is 2.30. The Morgan fingerprint density at radius 3 is 2.26 bits per heavy atom. The molecule has 1 rings (SSSR count). The van der Waals surface area contributed by atoms with Gasteiger partial charge in [0.25, 0.3) is 0 Å². The fourth-order valence-electron chi connectivity index (χ4n) is 2.35. The molecule has 0 saturated carbocycles. The molecule has 0 aromatic heterocycles. The van der Waals surface area contributed by atoms with Crippen molar-refractivity contribution in [2.45, 2.75) is 40.7 Å². The summed E-state index contributed by atoms with van der Waals surface area (Å²) in [5.74, 6) is -0.987. The maximum Gasteiger partial charge on any atom is 0.306 e. The van der Waals surface area contributed by atoms with Crippen molar-refractivity contribution in [3.63, 3.8) is 0 Å². The quantitative estimate of drug-likeness (QED) is 0.857. The lowest BCUT2D eigenvalue weighted by Gasteiger charge is -2.21. The molecule has 106 valence electrons. The van der Waals surface area contributed by atoms with Crippen LogP contribution in [0.3, 0.4) is 0 Å². The van der Waals surface area contributed by atoms with E-state index >= 15 is 0 Å². The first kappa shape index (κ1) is 15.7. The van der Waals surface area contributed by atoms with Gasteiger partial charge in [-0.2, -0.15) is 0 Å². The molecule has 1 unspecified atom stereocenters. The van der Waals surface area contributed by atoms with E-state index in [0.717, 1.165) is 13.1 Å².